The molecule has 1 amide bonds. The molecular formula is C20H31N5O2. The van der Waals surface area contributed by atoms with E-state index in [1.54, 1.807) is 17.3 Å². The zero-order chi connectivity index (χ0) is 18.9. The molecule has 4 rings (SSSR count). The number of piperidine rings is 2. The zero-order valence-corrected chi connectivity index (χ0v) is 16.2. The number of aliphatic hydroxyl groups is 1. The first-order valence-corrected chi connectivity index (χ1v) is 10.3. The van der Waals surface area contributed by atoms with Crippen molar-refractivity contribution in [3.63, 3.8) is 0 Å². The van der Waals surface area contributed by atoms with Crippen LogP contribution in [0.15, 0.2) is 12.4 Å². The third-order valence-electron chi connectivity index (χ3n) is 6.90. The minimum atomic E-state index is -0.124. The predicted octanol–water partition coefficient (Wildman–Crippen LogP) is 1.29. The van der Waals surface area contributed by atoms with Crippen LogP contribution in [0.1, 0.15) is 49.0 Å². The molecule has 1 aromatic rings. The van der Waals surface area contributed by atoms with Crippen molar-refractivity contribution < 1.29 is 9.90 Å². The summed E-state index contributed by atoms with van der Waals surface area (Å²) in [6.07, 6.45) is 9.55. The second kappa shape index (κ2) is 7.72. The number of carbonyl (C=O) groups is 1. The quantitative estimate of drug-likeness (QED) is 0.828. The number of hydrogen-bond donors (Lipinski definition) is 2. The van der Waals surface area contributed by atoms with E-state index in [4.69, 9.17) is 0 Å². The van der Waals surface area contributed by atoms with Gasteiger partial charge in [-0.3, -0.25) is 4.79 Å². The summed E-state index contributed by atoms with van der Waals surface area (Å²) in [6.45, 7) is 4.65. The van der Waals surface area contributed by atoms with Gasteiger partial charge in [0.2, 0.25) is 0 Å². The number of amides is 1. The Bertz CT molecular complexity index is 651. The number of rotatable bonds is 4. The van der Waals surface area contributed by atoms with Gasteiger partial charge in [0, 0.05) is 26.7 Å². The smallest absolute Gasteiger partial charge is 0.273 e. The van der Waals surface area contributed by atoms with Crippen molar-refractivity contribution in [2.75, 3.05) is 44.7 Å². The predicted molar refractivity (Wildman–Crippen MR) is 104 cm³/mol. The Morgan fingerprint density at radius 3 is 2.52 bits per heavy atom. The summed E-state index contributed by atoms with van der Waals surface area (Å²) in [7, 11) is 1.86. The molecule has 7 heteroatoms. The van der Waals surface area contributed by atoms with Crippen LogP contribution in [-0.2, 0) is 0 Å². The first-order chi connectivity index (χ1) is 13.1. The van der Waals surface area contributed by atoms with Crippen molar-refractivity contribution in [2.24, 2.45) is 11.3 Å². The summed E-state index contributed by atoms with van der Waals surface area (Å²) >= 11 is 0. The molecule has 1 atom stereocenters. The van der Waals surface area contributed by atoms with Crippen LogP contribution in [0.5, 0.6) is 0 Å². The summed E-state index contributed by atoms with van der Waals surface area (Å²) < 4.78 is 0. The van der Waals surface area contributed by atoms with Gasteiger partial charge in [0.05, 0.1) is 18.5 Å². The summed E-state index contributed by atoms with van der Waals surface area (Å²) in [4.78, 5) is 25.5. The molecule has 1 aliphatic carbocycles. The molecule has 3 aliphatic rings. The number of aromatic nitrogens is 2. The third-order valence-corrected chi connectivity index (χ3v) is 6.90. The molecule has 7 nitrogen and oxygen atoms in total. The van der Waals surface area contributed by atoms with Gasteiger partial charge in [-0.25, -0.2) is 9.97 Å². The Morgan fingerprint density at radius 2 is 1.96 bits per heavy atom. The Morgan fingerprint density at radius 1 is 1.22 bits per heavy atom. The maximum atomic E-state index is 12.6. The number of aliphatic hydroxyl groups excluding tert-OH is 1. The molecule has 1 spiro atoms. The fraction of sp³-hybridized carbons (Fsp3) is 0.750. The highest BCUT2D eigenvalue weighted by atomic mass is 16.3. The maximum absolute atomic E-state index is 12.6. The highest BCUT2D eigenvalue weighted by Crippen LogP contribution is 2.49. The van der Waals surface area contributed by atoms with Crippen molar-refractivity contribution in [3.05, 3.63) is 18.1 Å². The highest BCUT2D eigenvalue weighted by molar-refractivity contribution is 5.91. The van der Waals surface area contributed by atoms with Crippen molar-refractivity contribution in [1.82, 2.24) is 20.2 Å². The van der Waals surface area contributed by atoms with Crippen LogP contribution in [0.3, 0.4) is 0 Å². The lowest BCUT2D eigenvalue weighted by atomic mass is 9.61. The van der Waals surface area contributed by atoms with E-state index in [9.17, 15) is 9.90 Å². The third kappa shape index (κ3) is 3.80. The van der Waals surface area contributed by atoms with Crippen LogP contribution < -0.4 is 10.2 Å². The van der Waals surface area contributed by atoms with E-state index < -0.39 is 0 Å². The monoisotopic (exact) mass is 373 g/mol. The summed E-state index contributed by atoms with van der Waals surface area (Å²) in [5, 5.41) is 13.4. The van der Waals surface area contributed by atoms with E-state index in [-0.39, 0.29) is 17.4 Å². The Balaban J connectivity index is 1.32. The number of nitrogens with one attached hydrogen (secondary N) is 1. The maximum Gasteiger partial charge on any atom is 0.273 e. The molecule has 2 aliphatic heterocycles. The molecule has 2 N–H and O–H groups in total. The van der Waals surface area contributed by atoms with Crippen LogP contribution in [-0.4, -0.2) is 71.8 Å². The standard InChI is InChI=1S/C20H31N5O2/c1-24(14-15-3-8-21-9-4-15)19(27)16-12-23-18(13-22-16)25-10-6-20(7-11-25)5-2-17(20)26/h12-13,15,17,21,26H,2-11,14H2,1H3. The average molecular weight is 374 g/mol. The lowest BCUT2D eigenvalue weighted by molar-refractivity contribution is -0.0793. The van der Waals surface area contributed by atoms with Crippen LogP contribution in [0, 0.1) is 11.3 Å². The second-order valence-electron chi connectivity index (χ2n) is 8.54. The van der Waals surface area contributed by atoms with E-state index in [2.05, 4.69) is 20.2 Å². The number of hydrogen-bond acceptors (Lipinski definition) is 6. The van der Waals surface area contributed by atoms with Gasteiger partial charge >= 0.3 is 0 Å². The largest absolute Gasteiger partial charge is 0.393 e. The van der Waals surface area contributed by atoms with Crippen LogP contribution >= 0.6 is 0 Å². The SMILES string of the molecule is CN(CC1CCNCC1)C(=O)c1cnc(N2CCC3(CCC3O)CC2)cn1. The van der Waals surface area contributed by atoms with Gasteiger partial charge in [0.25, 0.3) is 5.91 Å². The van der Waals surface area contributed by atoms with Gasteiger partial charge in [-0.2, -0.15) is 0 Å². The fourth-order valence-electron chi connectivity index (χ4n) is 4.77. The van der Waals surface area contributed by atoms with Gasteiger partial charge in [0.15, 0.2) is 0 Å². The number of nitrogens with zero attached hydrogens (tertiary/aromatic N) is 4. The molecule has 1 aromatic heterocycles. The molecule has 0 bridgehead atoms. The highest BCUT2D eigenvalue weighted by Gasteiger charge is 2.47. The molecule has 148 valence electrons. The normalized spacial score (nSPS) is 25.3. The molecule has 27 heavy (non-hydrogen) atoms. The van der Waals surface area contributed by atoms with Gasteiger partial charge in [0.1, 0.15) is 11.5 Å². The average Bonchev–Trinajstić information content (AvgIpc) is 2.73. The van der Waals surface area contributed by atoms with Gasteiger partial charge < -0.3 is 20.2 Å². The van der Waals surface area contributed by atoms with Gasteiger partial charge in [-0.15, -0.1) is 0 Å². The minimum absolute atomic E-state index is 0.0530. The molecule has 1 saturated carbocycles. The van der Waals surface area contributed by atoms with E-state index in [1.807, 2.05) is 7.05 Å². The summed E-state index contributed by atoms with van der Waals surface area (Å²) in [5.74, 6) is 1.34. The van der Waals surface area contributed by atoms with Crippen molar-refractivity contribution >= 4 is 11.7 Å². The first kappa shape index (κ1) is 18.6. The molecule has 1 unspecified atom stereocenters. The molecule has 3 heterocycles. The Kier molecular flexibility index (Phi) is 5.32. The number of anilines is 1. The molecule has 2 saturated heterocycles. The topological polar surface area (TPSA) is 81.6 Å². The fourth-order valence-corrected chi connectivity index (χ4v) is 4.77. The van der Waals surface area contributed by atoms with Crippen LogP contribution in [0.25, 0.3) is 0 Å². The molecule has 0 radical (unpaired) electrons. The second-order valence-corrected chi connectivity index (χ2v) is 8.54. The molecular weight excluding hydrogens is 342 g/mol. The summed E-state index contributed by atoms with van der Waals surface area (Å²) in [5.41, 5.74) is 0.565. The lowest BCUT2D eigenvalue weighted by Gasteiger charge is -2.51. The first-order valence-electron chi connectivity index (χ1n) is 10.3. The van der Waals surface area contributed by atoms with E-state index >= 15 is 0 Å². The Hall–Kier alpha value is -1.73. The van der Waals surface area contributed by atoms with E-state index in [1.165, 1.54) is 0 Å². The Labute approximate surface area is 161 Å². The number of carbonyl (C=O) groups excluding carboxylic acids is 1. The summed E-state index contributed by atoms with van der Waals surface area (Å²) in [6, 6.07) is 0. The van der Waals surface area contributed by atoms with Gasteiger partial charge in [-0.05, 0) is 62.9 Å². The van der Waals surface area contributed by atoms with E-state index in [0.717, 1.165) is 77.1 Å². The molecule has 0 aromatic carbocycles. The van der Waals surface area contributed by atoms with Crippen LogP contribution in [0.4, 0.5) is 5.82 Å². The van der Waals surface area contributed by atoms with Crippen molar-refractivity contribution in [2.45, 2.75) is 44.6 Å². The minimum Gasteiger partial charge on any atom is -0.393 e. The van der Waals surface area contributed by atoms with Crippen LogP contribution in [0.2, 0.25) is 0 Å². The van der Waals surface area contributed by atoms with Crippen molar-refractivity contribution in [1.29, 1.82) is 0 Å². The lowest BCUT2D eigenvalue weighted by Crippen LogP contribution is -2.52. The van der Waals surface area contributed by atoms with Crippen molar-refractivity contribution in [3.8, 4) is 0 Å². The van der Waals surface area contributed by atoms with Gasteiger partial charge in [-0.1, -0.05) is 0 Å². The van der Waals surface area contributed by atoms with E-state index in [0.29, 0.717) is 11.6 Å². The molecule has 3 fully saturated rings. The zero-order valence-electron chi connectivity index (χ0n) is 16.2.